The van der Waals surface area contributed by atoms with Crippen molar-refractivity contribution in [1.29, 1.82) is 0 Å². The zero-order chi connectivity index (χ0) is 29.6. The van der Waals surface area contributed by atoms with E-state index in [1.807, 2.05) is 0 Å². The number of quaternary nitrogens is 2. The first kappa shape index (κ1) is 47.3. The lowest BCUT2D eigenvalue weighted by molar-refractivity contribution is -0.916. The standard InChI is InChI=1S/C38H82N2.2BrH/c1-7-11-15-19-23-27-33-39(5,34-28-24-20-16-12-8-2)37-31-32-38-40(6,35-29-25-21-17-13-9-3)36-30-26-22-18-14-10-4;;/h7-38H2,1-6H3;2*1H/q+2;;/p-2. The molecule has 42 heavy (non-hydrogen) atoms. The van der Waals surface area contributed by atoms with E-state index in [0.717, 1.165) is 0 Å². The van der Waals surface area contributed by atoms with E-state index in [2.05, 4.69) is 41.8 Å². The van der Waals surface area contributed by atoms with E-state index in [1.54, 1.807) is 0 Å². The van der Waals surface area contributed by atoms with Gasteiger partial charge in [-0.2, -0.15) is 0 Å². The second-order valence-electron chi connectivity index (χ2n) is 14.4. The first-order valence-corrected chi connectivity index (χ1v) is 19.1. The molecule has 0 heterocycles. The maximum absolute atomic E-state index is 2.61. The molecule has 0 unspecified atom stereocenters. The van der Waals surface area contributed by atoms with E-state index in [9.17, 15) is 0 Å². The number of hydrogen-bond donors (Lipinski definition) is 0. The third kappa shape index (κ3) is 30.9. The predicted octanol–water partition coefficient (Wildman–Crippen LogP) is 6.11. The summed E-state index contributed by atoms with van der Waals surface area (Å²) in [5, 5.41) is 0. The maximum atomic E-state index is 2.61. The highest BCUT2D eigenvalue weighted by Gasteiger charge is 2.23. The topological polar surface area (TPSA) is 0 Å². The third-order valence-electron chi connectivity index (χ3n) is 9.85. The van der Waals surface area contributed by atoms with Crippen molar-refractivity contribution in [3.63, 3.8) is 0 Å². The Hall–Kier alpha value is 0.880. The van der Waals surface area contributed by atoms with Crippen LogP contribution in [-0.2, 0) is 0 Å². The molecule has 0 saturated carbocycles. The minimum Gasteiger partial charge on any atom is -1.00 e. The molecule has 0 radical (unpaired) electrons. The Morgan fingerprint density at radius 2 is 0.381 bits per heavy atom. The van der Waals surface area contributed by atoms with Crippen LogP contribution in [0.5, 0.6) is 0 Å². The minimum atomic E-state index is 0. The molecule has 0 fully saturated rings. The molecule has 0 spiro atoms. The Morgan fingerprint density at radius 1 is 0.238 bits per heavy atom. The molecule has 0 saturated heterocycles. The average Bonchev–Trinajstić information content (AvgIpc) is 2.95. The number of halogens is 2. The number of rotatable bonds is 33. The van der Waals surface area contributed by atoms with Crippen LogP contribution in [0.4, 0.5) is 0 Å². The number of nitrogens with zero attached hydrogens (tertiary/aromatic N) is 2. The zero-order valence-corrected chi connectivity index (χ0v) is 33.4. The van der Waals surface area contributed by atoms with Crippen LogP contribution >= 0.6 is 0 Å². The molecule has 4 heteroatoms. The summed E-state index contributed by atoms with van der Waals surface area (Å²) in [7, 11) is 5.22. The number of hydrogen-bond acceptors (Lipinski definition) is 0. The van der Waals surface area contributed by atoms with Crippen molar-refractivity contribution >= 4 is 0 Å². The van der Waals surface area contributed by atoms with Crippen molar-refractivity contribution in [2.24, 2.45) is 0 Å². The van der Waals surface area contributed by atoms with Crippen LogP contribution in [0.15, 0.2) is 0 Å². The van der Waals surface area contributed by atoms with Crippen LogP contribution in [0, 0.1) is 0 Å². The lowest BCUT2D eigenvalue weighted by Crippen LogP contribution is -3.00. The van der Waals surface area contributed by atoms with E-state index in [4.69, 9.17) is 0 Å². The van der Waals surface area contributed by atoms with Gasteiger partial charge in [-0.05, 0) is 51.4 Å². The van der Waals surface area contributed by atoms with Crippen LogP contribution in [0.2, 0.25) is 0 Å². The van der Waals surface area contributed by atoms with Gasteiger partial charge in [-0.25, -0.2) is 0 Å². The number of unbranched alkanes of at least 4 members (excludes halogenated alkanes) is 21. The monoisotopic (exact) mass is 724 g/mol. The average molecular weight is 727 g/mol. The van der Waals surface area contributed by atoms with E-state index < -0.39 is 0 Å². The summed E-state index contributed by atoms with van der Waals surface area (Å²) in [4.78, 5) is 0. The highest BCUT2D eigenvalue weighted by Crippen LogP contribution is 2.18. The first-order chi connectivity index (χ1) is 19.4. The summed E-state index contributed by atoms with van der Waals surface area (Å²) in [5.41, 5.74) is 0. The fourth-order valence-electron chi connectivity index (χ4n) is 6.75. The fourth-order valence-corrected chi connectivity index (χ4v) is 6.75. The lowest BCUT2D eigenvalue weighted by Gasteiger charge is -2.37. The van der Waals surface area contributed by atoms with Gasteiger partial charge in [-0.15, -0.1) is 0 Å². The molecular weight excluding hydrogens is 644 g/mol. The second-order valence-corrected chi connectivity index (χ2v) is 14.4. The van der Waals surface area contributed by atoms with Crippen molar-refractivity contribution in [3.8, 4) is 0 Å². The summed E-state index contributed by atoms with van der Waals surface area (Å²) in [5.74, 6) is 0. The minimum absolute atomic E-state index is 0. The van der Waals surface area contributed by atoms with Gasteiger partial charge in [0, 0.05) is 12.8 Å². The summed E-state index contributed by atoms with van der Waals surface area (Å²) in [6, 6.07) is 0. The Labute approximate surface area is 289 Å². The van der Waals surface area contributed by atoms with Gasteiger partial charge in [0.05, 0.1) is 53.4 Å². The third-order valence-corrected chi connectivity index (χ3v) is 9.85. The van der Waals surface area contributed by atoms with E-state index in [-0.39, 0.29) is 34.0 Å². The predicted molar refractivity (Wildman–Crippen MR) is 184 cm³/mol. The van der Waals surface area contributed by atoms with Crippen molar-refractivity contribution in [2.75, 3.05) is 53.4 Å². The van der Waals surface area contributed by atoms with Gasteiger partial charge < -0.3 is 42.9 Å². The first-order valence-electron chi connectivity index (χ1n) is 19.1. The van der Waals surface area contributed by atoms with Crippen molar-refractivity contribution in [3.05, 3.63) is 0 Å². The van der Waals surface area contributed by atoms with Gasteiger partial charge in [0.15, 0.2) is 0 Å². The Morgan fingerprint density at radius 3 is 0.571 bits per heavy atom. The summed E-state index contributed by atoms with van der Waals surface area (Å²) < 4.78 is 2.69. The smallest absolute Gasteiger partial charge is 0.0786 e. The second kappa shape index (κ2) is 34.7. The molecule has 0 N–H and O–H groups in total. The van der Waals surface area contributed by atoms with Crippen LogP contribution in [0.25, 0.3) is 0 Å². The molecule has 0 aromatic rings. The largest absolute Gasteiger partial charge is 1.00 e. The lowest BCUT2D eigenvalue weighted by atomic mass is 10.1. The highest BCUT2D eigenvalue weighted by molar-refractivity contribution is 4.53. The van der Waals surface area contributed by atoms with Crippen molar-refractivity contribution in [2.45, 2.75) is 195 Å². The van der Waals surface area contributed by atoms with E-state index >= 15 is 0 Å². The molecule has 0 amide bonds. The van der Waals surface area contributed by atoms with Gasteiger partial charge in [-0.1, -0.05) is 130 Å². The highest BCUT2D eigenvalue weighted by atomic mass is 79.9. The van der Waals surface area contributed by atoms with Crippen molar-refractivity contribution in [1.82, 2.24) is 0 Å². The van der Waals surface area contributed by atoms with Gasteiger partial charge in [0.1, 0.15) is 0 Å². The molecule has 258 valence electrons. The Balaban J connectivity index is -0.00000760. The van der Waals surface area contributed by atoms with Crippen molar-refractivity contribution < 1.29 is 42.9 Å². The SMILES string of the molecule is CCCCCCCC[N+](C)(CCCCCCCC)CCCC[N+](C)(CCCCCCCC)CCCCCCCC.[Br-].[Br-]. The molecule has 0 bridgehead atoms. The normalized spacial score (nSPS) is 11.9. The Bertz CT molecular complexity index is 423. The molecule has 0 aromatic heterocycles. The molecule has 0 aliphatic rings. The fraction of sp³-hybridized carbons (Fsp3) is 1.00. The van der Waals surface area contributed by atoms with Gasteiger partial charge >= 0.3 is 0 Å². The van der Waals surface area contributed by atoms with E-state index in [0.29, 0.717) is 0 Å². The molecule has 0 aliphatic carbocycles. The molecule has 0 rings (SSSR count). The maximum Gasteiger partial charge on any atom is 0.0786 e. The molecular formula is C38H82Br2N2. The summed E-state index contributed by atoms with van der Waals surface area (Å²) in [6.45, 7) is 17.8. The van der Waals surface area contributed by atoms with Gasteiger partial charge in [0.25, 0.3) is 0 Å². The zero-order valence-electron chi connectivity index (χ0n) is 30.3. The van der Waals surface area contributed by atoms with Crippen LogP contribution in [-0.4, -0.2) is 62.3 Å². The molecule has 0 aromatic carbocycles. The van der Waals surface area contributed by atoms with Crippen LogP contribution in [0.3, 0.4) is 0 Å². The molecule has 0 aliphatic heterocycles. The Kier molecular flexibility index (Phi) is 39.1. The van der Waals surface area contributed by atoms with E-state index in [1.165, 1.54) is 215 Å². The molecule has 2 nitrogen and oxygen atoms in total. The van der Waals surface area contributed by atoms with Gasteiger partial charge in [-0.3, -0.25) is 0 Å². The summed E-state index contributed by atoms with van der Waals surface area (Å²) in [6.07, 6.45) is 37.2. The molecule has 0 atom stereocenters. The van der Waals surface area contributed by atoms with Gasteiger partial charge in [0.2, 0.25) is 0 Å². The quantitative estimate of drug-likeness (QED) is 0.0566. The van der Waals surface area contributed by atoms with Crippen LogP contribution < -0.4 is 34.0 Å². The van der Waals surface area contributed by atoms with Crippen LogP contribution in [0.1, 0.15) is 195 Å². The summed E-state index contributed by atoms with van der Waals surface area (Å²) >= 11 is 0.